The van der Waals surface area contributed by atoms with E-state index in [0.29, 0.717) is 16.9 Å². The summed E-state index contributed by atoms with van der Waals surface area (Å²) in [7, 11) is -3.78. The number of aliphatic carboxylic acids is 1. The van der Waals surface area contributed by atoms with E-state index in [0.717, 1.165) is 9.87 Å². The Hall–Kier alpha value is -1.05. The number of carboxylic acids is 1. The van der Waals surface area contributed by atoms with Crippen LogP contribution >= 0.6 is 11.8 Å². The molecule has 1 atom stereocenters. The monoisotopic (exact) mass is 315 g/mol. The lowest BCUT2D eigenvalue weighted by atomic mass is 10.1. The molecule has 1 aromatic rings. The molecule has 0 bridgehead atoms. The number of aryl methyl sites for hydroxylation is 3. The fourth-order valence-electron chi connectivity index (χ4n) is 2.55. The van der Waals surface area contributed by atoms with Crippen molar-refractivity contribution in [2.75, 3.05) is 11.6 Å². The second-order valence-corrected chi connectivity index (χ2v) is 7.80. The number of nitrogens with zero attached hydrogens (tertiary/aromatic N) is 1. The van der Waals surface area contributed by atoms with Crippen LogP contribution in [0.3, 0.4) is 0 Å². The average molecular weight is 315 g/mol. The standard InChI is InChI=1S/C13H17NO4S2/c1-8-4-9(2)12(10(3)5-8)20(17,18)14-7-19-6-11(14)13(15)16/h4-5,11H,6-7H2,1-3H3,(H,15,16)/t11-/m0/s1. The number of sulfonamides is 1. The van der Waals surface area contributed by atoms with E-state index in [2.05, 4.69) is 0 Å². The summed E-state index contributed by atoms with van der Waals surface area (Å²) in [5.74, 6) is -0.620. The first-order valence-electron chi connectivity index (χ1n) is 6.15. The average Bonchev–Trinajstić information content (AvgIpc) is 2.75. The molecule has 7 heteroatoms. The summed E-state index contributed by atoms with van der Waals surface area (Å²) >= 11 is 1.32. The van der Waals surface area contributed by atoms with Crippen molar-refractivity contribution in [1.82, 2.24) is 4.31 Å². The fraction of sp³-hybridized carbons (Fsp3) is 0.462. The highest BCUT2D eigenvalue weighted by molar-refractivity contribution is 8.00. The summed E-state index contributed by atoms with van der Waals surface area (Å²) in [4.78, 5) is 11.4. The predicted molar refractivity (Wildman–Crippen MR) is 78.4 cm³/mol. The lowest BCUT2D eigenvalue weighted by molar-refractivity contribution is -0.140. The third kappa shape index (κ3) is 2.57. The van der Waals surface area contributed by atoms with Gasteiger partial charge in [-0.25, -0.2) is 8.42 Å². The Labute approximate surface area is 123 Å². The molecule has 1 heterocycles. The maximum Gasteiger partial charge on any atom is 0.322 e. The first-order valence-corrected chi connectivity index (χ1v) is 8.75. The molecule has 0 amide bonds. The number of hydrogen-bond donors (Lipinski definition) is 1. The van der Waals surface area contributed by atoms with Crippen molar-refractivity contribution >= 4 is 27.8 Å². The van der Waals surface area contributed by atoms with Gasteiger partial charge in [0, 0.05) is 5.75 Å². The molecule has 1 aliphatic heterocycles. The number of benzene rings is 1. The van der Waals surface area contributed by atoms with Crippen molar-refractivity contribution in [3.8, 4) is 0 Å². The van der Waals surface area contributed by atoms with Crippen molar-refractivity contribution in [3.63, 3.8) is 0 Å². The van der Waals surface area contributed by atoms with Gasteiger partial charge in [0.1, 0.15) is 6.04 Å². The van der Waals surface area contributed by atoms with E-state index < -0.39 is 22.0 Å². The Balaban J connectivity index is 2.54. The number of hydrogen-bond acceptors (Lipinski definition) is 4. The second-order valence-electron chi connectivity index (χ2n) is 4.97. The van der Waals surface area contributed by atoms with Gasteiger partial charge in [-0.05, 0) is 31.9 Å². The molecule has 1 fully saturated rings. The van der Waals surface area contributed by atoms with E-state index in [-0.39, 0.29) is 10.8 Å². The van der Waals surface area contributed by atoms with Gasteiger partial charge in [0.15, 0.2) is 0 Å². The predicted octanol–water partition coefficient (Wildman–Crippen LogP) is 1.76. The van der Waals surface area contributed by atoms with Crippen molar-refractivity contribution in [3.05, 3.63) is 28.8 Å². The zero-order chi connectivity index (χ0) is 15.1. The molecule has 5 nitrogen and oxygen atoms in total. The summed E-state index contributed by atoms with van der Waals surface area (Å²) in [6, 6.07) is 2.63. The second kappa shape index (κ2) is 5.38. The molecule has 0 spiro atoms. The van der Waals surface area contributed by atoms with E-state index in [9.17, 15) is 13.2 Å². The van der Waals surface area contributed by atoms with Gasteiger partial charge in [0.25, 0.3) is 0 Å². The molecule has 0 radical (unpaired) electrons. The van der Waals surface area contributed by atoms with E-state index in [4.69, 9.17) is 5.11 Å². The quantitative estimate of drug-likeness (QED) is 0.920. The normalized spacial score (nSPS) is 20.2. The molecule has 1 aromatic carbocycles. The van der Waals surface area contributed by atoms with Gasteiger partial charge in [0.2, 0.25) is 10.0 Å². The molecule has 1 saturated heterocycles. The molecule has 20 heavy (non-hydrogen) atoms. The first-order chi connectivity index (χ1) is 9.25. The number of thioether (sulfide) groups is 1. The summed E-state index contributed by atoms with van der Waals surface area (Å²) in [6.45, 7) is 5.39. The van der Waals surface area contributed by atoms with Gasteiger partial charge in [-0.15, -0.1) is 11.8 Å². The molecular weight excluding hydrogens is 298 g/mol. The molecule has 110 valence electrons. The SMILES string of the molecule is Cc1cc(C)c(S(=O)(=O)N2CSC[C@H]2C(=O)O)c(C)c1. The van der Waals surface area contributed by atoms with Crippen LogP contribution < -0.4 is 0 Å². The van der Waals surface area contributed by atoms with Crippen LogP contribution in [0.2, 0.25) is 0 Å². The van der Waals surface area contributed by atoms with Gasteiger partial charge in [-0.2, -0.15) is 4.31 Å². The Morgan fingerprint density at radius 3 is 2.35 bits per heavy atom. The minimum absolute atomic E-state index is 0.187. The third-order valence-corrected chi connectivity index (χ3v) is 6.63. The van der Waals surface area contributed by atoms with E-state index in [1.165, 1.54) is 11.8 Å². The summed E-state index contributed by atoms with van der Waals surface area (Å²) in [6.07, 6.45) is 0. The van der Waals surface area contributed by atoms with Crippen molar-refractivity contribution in [2.45, 2.75) is 31.7 Å². The van der Waals surface area contributed by atoms with Crippen LogP contribution in [-0.2, 0) is 14.8 Å². The topological polar surface area (TPSA) is 74.7 Å². The minimum atomic E-state index is -3.78. The zero-order valence-corrected chi connectivity index (χ0v) is 13.2. The lowest BCUT2D eigenvalue weighted by Crippen LogP contribution is -2.42. The van der Waals surface area contributed by atoms with Gasteiger partial charge in [-0.1, -0.05) is 17.7 Å². The Morgan fingerprint density at radius 1 is 1.30 bits per heavy atom. The smallest absolute Gasteiger partial charge is 0.322 e. The Bertz CT molecular complexity index is 631. The summed E-state index contributed by atoms with van der Waals surface area (Å²) in [5.41, 5.74) is 2.30. The van der Waals surface area contributed by atoms with E-state index in [1.54, 1.807) is 26.0 Å². The highest BCUT2D eigenvalue weighted by atomic mass is 32.2. The molecule has 1 N–H and O–H groups in total. The third-order valence-electron chi connectivity index (χ3n) is 3.30. The molecular formula is C13H17NO4S2. The first kappa shape index (κ1) is 15.3. The number of carbonyl (C=O) groups is 1. The van der Waals surface area contributed by atoms with Crippen LogP contribution in [0.5, 0.6) is 0 Å². The van der Waals surface area contributed by atoms with Crippen LogP contribution in [0.1, 0.15) is 16.7 Å². The van der Waals surface area contributed by atoms with Crippen LogP contribution in [0, 0.1) is 20.8 Å². The van der Waals surface area contributed by atoms with Gasteiger partial charge in [-0.3, -0.25) is 4.79 Å². The fourth-order valence-corrected chi connectivity index (χ4v) is 6.10. The lowest BCUT2D eigenvalue weighted by Gasteiger charge is -2.22. The zero-order valence-electron chi connectivity index (χ0n) is 11.6. The van der Waals surface area contributed by atoms with Crippen LogP contribution in [-0.4, -0.2) is 41.5 Å². The highest BCUT2D eigenvalue weighted by Gasteiger charge is 2.41. The summed E-state index contributed by atoms with van der Waals surface area (Å²) in [5, 5.41) is 9.16. The van der Waals surface area contributed by atoms with E-state index in [1.807, 2.05) is 6.92 Å². The number of carboxylic acid groups (broad SMARTS) is 1. The summed E-state index contributed by atoms with van der Waals surface area (Å²) < 4.78 is 26.6. The maximum atomic E-state index is 12.8. The molecule has 2 rings (SSSR count). The van der Waals surface area contributed by atoms with Crippen LogP contribution in [0.25, 0.3) is 0 Å². The van der Waals surface area contributed by atoms with E-state index >= 15 is 0 Å². The largest absolute Gasteiger partial charge is 0.480 e. The van der Waals surface area contributed by atoms with Crippen LogP contribution in [0.4, 0.5) is 0 Å². The molecule has 0 saturated carbocycles. The highest BCUT2D eigenvalue weighted by Crippen LogP contribution is 2.32. The van der Waals surface area contributed by atoms with Crippen LogP contribution in [0.15, 0.2) is 17.0 Å². The van der Waals surface area contributed by atoms with Crippen molar-refractivity contribution in [1.29, 1.82) is 0 Å². The Morgan fingerprint density at radius 2 is 1.85 bits per heavy atom. The minimum Gasteiger partial charge on any atom is -0.480 e. The molecule has 0 unspecified atom stereocenters. The molecule has 0 aliphatic carbocycles. The van der Waals surface area contributed by atoms with Crippen molar-refractivity contribution in [2.24, 2.45) is 0 Å². The van der Waals surface area contributed by atoms with Crippen molar-refractivity contribution < 1.29 is 18.3 Å². The van der Waals surface area contributed by atoms with Gasteiger partial charge in [0.05, 0.1) is 10.8 Å². The van der Waals surface area contributed by atoms with Gasteiger partial charge < -0.3 is 5.11 Å². The van der Waals surface area contributed by atoms with Gasteiger partial charge >= 0.3 is 5.97 Å². The Kier molecular flexibility index (Phi) is 4.13. The maximum absolute atomic E-state index is 12.8. The molecule has 1 aliphatic rings. The number of rotatable bonds is 3. The molecule has 0 aromatic heterocycles.